The fourth-order valence-corrected chi connectivity index (χ4v) is 29.1. The standard InChI is InChI=1S/C26H24Cl6N4O2P2/c1-37-25-15-7-21(8-16-25)33-39(29,30)35(23-11-3-19(27)4-12-23)40(31,32,34-22-9-17-26(38-2)18-10-22)36(39)24-13-5-20(28)6-14-24/h3-18,33-34H,1-2H3. The van der Waals surface area contributed by atoms with Gasteiger partial charge in [-0.3, -0.25) is 0 Å². The maximum atomic E-state index is 7.68. The molecule has 1 fully saturated rings. The summed E-state index contributed by atoms with van der Waals surface area (Å²) in [5.41, 5.74) is 2.36. The van der Waals surface area contributed by atoms with Crippen molar-refractivity contribution in [3.63, 3.8) is 0 Å². The molecule has 4 aromatic carbocycles. The first-order chi connectivity index (χ1) is 18.9. The number of hydrogen-bond acceptors (Lipinski definition) is 6. The number of rotatable bonds is 8. The Labute approximate surface area is 262 Å². The summed E-state index contributed by atoms with van der Waals surface area (Å²) >= 11 is 43.2. The third-order valence-electron chi connectivity index (χ3n) is 6.21. The van der Waals surface area contributed by atoms with Crippen LogP contribution in [0.25, 0.3) is 0 Å². The molecule has 1 aliphatic rings. The Bertz CT molecular complexity index is 1390. The van der Waals surface area contributed by atoms with Gasteiger partial charge < -0.3 is 0 Å². The Kier molecular flexibility index (Phi) is 7.83. The van der Waals surface area contributed by atoms with Crippen molar-refractivity contribution < 1.29 is 9.47 Å². The number of nitrogens with zero attached hydrogens (tertiary/aromatic N) is 2. The van der Waals surface area contributed by atoms with E-state index in [1.165, 1.54) is 0 Å². The monoisotopic (exact) mass is 696 g/mol. The van der Waals surface area contributed by atoms with E-state index in [9.17, 15) is 0 Å². The summed E-state index contributed by atoms with van der Waals surface area (Å²) in [7, 11) is 3.18. The van der Waals surface area contributed by atoms with Crippen molar-refractivity contribution in [3.05, 3.63) is 107 Å². The molecule has 0 radical (unpaired) electrons. The van der Waals surface area contributed by atoms with Crippen LogP contribution in [0.3, 0.4) is 0 Å². The summed E-state index contributed by atoms with van der Waals surface area (Å²) < 4.78 is 14.0. The van der Waals surface area contributed by atoms with Crippen molar-refractivity contribution >= 4 is 102 Å². The molecule has 0 bridgehead atoms. The van der Waals surface area contributed by atoms with Gasteiger partial charge in [-0.25, -0.2) is 0 Å². The molecule has 2 N–H and O–H groups in total. The summed E-state index contributed by atoms with van der Waals surface area (Å²) in [4.78, 5) is 0. The molecule has 0 saturated carbocycles. The van der Waals surface area contributed by atoms with Gasteiger partial charge in [0.05, 0.1) is 0 Å². The zero-order chi connectivity index (χ0) is 28.8. The Morgan fingerprint density at radius 1 is 0.500 bits per heavy atom. The van der Waals surface area contributed by atoms with Gasteiger partial charge in [0.25, 0.3) is 0 Å². The SMILES string of the molecule is COc1ccc(NP2(Cl)(Cl)N(c3ccc(Cl)cc3)P(Cl)(Cl)(Nc3ccc(OC)cc3)N2c2ccc(Cl)cc2)cc1. The van der Waals surface area contributed by atoms with Gasteiger partial charge in [-0.15, -0.1) is 0 Å². The number of methoxy groups -OCH3 is 2. The first-order valence-electron chi connectivity index (χ1n) is 11.8. The van der Waals surface area contributed by atoms with Crippen molar-refractivity contribution in [1.29, 1.82) is 0 Å². The molecule has 212 valence electrons. The maximum absolute atomic E-state index is 7.68. The van der Waals surface area contributed by atoms with Crippen LogP contribution in [0.5, 0.6) is 11.5 Å². The third-order valence-corrected chi connectivity index (χ3v) is 22.8. The van der Waals surface area contributed by atoms with Crippen LogP contribution in [-0.2, 0) is 0 Å². The second-order valence-electron chi connectivity index (χ2n) is 8.86. The predicted molar refractivity (Wildman–Crippen MR) is 178 cm³/mol. The van der Waals surface area contributed by atoms with E-state index in [1.54, 1.807) is 95.9 Å². The molecule has 0 aliphatic carbocycles. The van der Waals surface area contributed by atoms with E-state index in [1.807, 2.05) is 24.3 Å². The minimum absolute atomic E-state index is 0.527. The van der Waals surface area contributed by atoms with E-state index < -0.39 is 11.5 Å². The molecule has 0 amide bonds. The molecule has 0 atom stereocenters. The molecule has 40 heavy (non-hydrogen) atoms. The number of ether oxygens (including phenoxy) is 2. The topological polar surface area (TPSA) is 49.0 Å². The summed E-state index contributed by atoms with van der Waals surface area (Å²) in [5.74, 6) is -7.65. The fraction of sp³-hybridized carbons (Fsp3) is 0.0769. The first kappa shape index (κ1) is 29.8. The molecule has 6 nitrogen and oxygen atoms in total. The van der Waals surface area contributed by atoms with Crippen molar-refractivity contribution in [2.24, 2.45) is 0 Å². The molecule has 5 rings (SSSR count). The van der Waals surface area contributed by atoms with Crippen molar-refractivity contribution in [2.45, 2.75) is 0 Å². The van der Waals surface area contributed by atoms with Gasteiger partial charge in [0, 0.05) is 0 Å². The molecular weight excluding hydrogens is 675 g/mol. The number of halogens is 6. The molecule has 0 aromatic heterocycles. The third kappa shape index (κ3) is 5.08. The molecule has 1 saturated heterocycles. The van der Waals surface area contributed by atoms with Gasteiger partial charge in [-0.1, -0.05) is 0 Å². The van der Waals surface area contributed by atoms with Crippen LogP contribution in [0.4, 0.5) is 22.7 Å². The van der Waals surface area contributed by atoms with Crippen LogP contribution in [0.15, 0.2) is 97.1 Å². The van der Waals surface area contributed by atoms with Crippen molar-refractivity contribution in [1.82, 2.24) is 0 Å². The summed E-state index contributed by atoms with van der Waals surface area (Å²) in [6.07, 6.45) is 0. The number of benzene rings is 4. The van der Waals surface area contributed by atoms with Gasteiger partial charge in [-0.05, 0) is 0 Å². The van der Waals surface area contributed by atoms with E-state index >= 15 is 0 Å². The van der Waals surface area contributed by atoms with Crippen molar-refractivity contribution in [2.75, 3.05) is 33.3 Å². The van der Waals surface area contributed by atoms with Crippen LogP contribution in [0.1, 0.15) is 0 Å². The molecule has 0 spiro atoms. The van der Waals surface area contributed by atoms with E-state index in [-0.39, 0.29) is 0 Å². The normalized spacial score (nSPS) is 20.0. The van der Waals surface area contributed by atoms with Crippen molar-refractivity contribution in [3.8, 4) is 11.5 Å². The summed E-state index contributed by atoms with van der Waals surface area (Å²) in [6, 6.07) is 28.4. The average molecular weight is 699 g/mol. The average Bonchev–Trinajstić information content (AvgIpc) is 2.91. The fourth-order valence-electron chi connectivity index (χ4n) is 4.53. The minimum atomic E-state index is -4.50. The Morgan fingerprint density at radius 3 is 1.07 bits per heavy atom. The van der Waals surface area contributed by atoms with Crippen LogP contribution in [0.2, 0.25) is 10.0 Å². The Hall–Kier alpha value is -1.72. The molecule has 0 unspecified atom stereocenters. The summed E-state index contributed by atoms with van der Waals surface area (Å²) in [5, 5.41) is 7.83. The molecule has 1 heterocycles. The van der Waals surface area contributed by atoms with Crippen LogP contribution >= 0.6 is 79.7 Å². The quantitative estimate of drug-likeness (QED) is 0.179. The molecule has 4 aromatic rings. The zero-order valence-electron chi connectivity index (χ0n) is 21.1. The first-order valence-corrected chi connectivity index (χ1v) is 20.4. The van der Waals surface area contributed by atoms with Gasteiger partial charge in [0.15, 0.2) is 0 Å². The van der Waals surface area contributed by atoms with E-state index in [0.717, 1.165) is 0 Å². The van der Waals surface area contributed by atoms with E-state index in [2.05, 4.69) is 10.2 Å². The van der Waals surface area contributed by atoms with Crippen LogP contribution in [0, 0.1) is 0 Å². The van der Waals surface area contributed by atoms with Crippen LogP contribution < -0.4 is 28.5 Å². The van der Waals surface area contributed by atoms with Gasteiger partial charge in [0.1, 0.15) is 0 Å². The van der Waals surface area contributed by atoms with Gasteiger partial charge in [-0.2, -0.15) is 0 Å². The van der Waals surface area contributed by atoms with E-state index in [4.69, 9.17) is 77.6 Å². The number of hydrogen-bond donors (Lipinski definition) is 2. The van der Waals surface area contributed by atoms with Gasteiger partial charge >= 0.3 is 264 Å². The summed E-state index contributed by atoms with van der Waals surface area (Å²) in [6.45, 7) is 0. The van der Waals surface area contributed by atoms with Crippen LogP contribution in [-0.4, -0.2) is 14.2 Å². The zero-order valence-corrected chi connectivity index (χ0v) is 27.4. The molecule has 1 aliphatic heterocycles. The second-order valence-corrected chi connectivity index (χ2v) is 24.4. The Balaban J connectivity index is 1.73. The molecule has 14 heteroatoms. The number of nitrogens with one attached hydrogen (secondary N) is 2. The Morgan fingerprint density at radius 2 is 0.800 bits per heavy atom. The van der Waals surface area contributed by atoms with E-state index in [0.29, 0.717) is 44.3 Å². The second kappa shape index (κ2) is 10.5. The van der Waals surface area contributed by atoms with Gasteiger partial charge in [0.2, 0.25) is 0 Å². The molecular formula is C26H24Cl6N4O2P2. The predicted octanol–water partition coefficient (Wildman–Crippen LogP) is 11.8. The number of anilines is 4.